The van der Waals surface area contributed by atoms with Crippen LogP contribution in [-0.4, -0.2) is 37.4 Å². The van der Waals surface area contributed by atoms with Crippen molar-refractivity contribution < 1.29 is 22.9 Å². The molecule has 0 aliphatic heterocycles. The van der Waals surface area contributed by atoms with Gasteiger partial charge in [0.1, 0.15) is 6.54 Å². The third kappa shape index (κ3) is 6.51. The molecule has 0 aliphatic rings. The van der Waals surface area contributed by atoms with Gasteiger partial charge in [-0.25, -0.2) is 13.8 Å². The van der Waals surface area contributed by atoms with Crippen molar-refractivity contribution in [2.45, 2.75) is 18.7 Å². The van der Waals surface area contributed by atoms with E-state index in [1.807, 2.05) is 0 Å². The first-order valence-electron chi connectivity index (χ1n) is 10.6. The maximum absolute atomic E-state index is 13.3. The molecule has 2 amide bonds. The first-order chi connectivity index (χ1) is 17.1. The number of sulfonamides is 1. The summed E-state index contributed by atoms with van der Waals surface area (Å²) in [6.07, 6.45) is 0. The van der Waals surface area contributed by atoms with Crippen LogP contribution in [0.1, 0.15) is 19.4 Å². The molecule has 0 fully saturated rings. The lowest BCUT2D eigenvalue weighted by molar-refractivity contribution is -0.384. The second kappa shape index (κ2) is 11.2. The van der Waals surface area contributed by atoms with Gasteiger partial charge < -0.3 is 5.32 Å². The second-order valence-corrected chi connectivity index (χ2v) is 9.45. The molecule has 0 atom stereocenters. The Hall–Kier alpha value is -4.58. The molecule has 0 aliphatic carbocycles. The summed E-state index contributed by atoms with van der Waals surface area (Å²) in [5, 5.41) is 17.9. The summed E-state index contributed by atoms with van der Waals surface area (Å²) in [6.45, 7) is 2.37. The van der Waals surface area contributed by atoms with E-state index < -0.39 is 27.4 Å². The zero-order valence-corrected chi connectivity index (χ0v) is 20.2. The zero-order valence-electron chi connectivity index (χ0n) is 19.4. The quantitative estimate of drug-likeness (QED) is 0.257. The summed E-state index contributed by atoms with van der Waals surface area (Å²) in [5.74, 6) is -0.964. The molecule has 11 nitrogen and oxygen atoms in total. The average molecular weight is 510 g/mol. The Morgan fingerprint density at radius 3 is 2.25 bits per heavy atom. The Balaban J connectivity index is 1.85. The maximum Gasteiger partial charge on any atom is 0.271 e. The highest BCUT2D eigenvalue weighted by Crippen LogP contribution is 2.26. The number of carbonyl (C=O) groups excluding carboxylic acids is 2. The number of benzene rings is 3. The minimum Gasteiger partial charge on any atom is -0.326 e. The molecule has 0 aromatic heterocycles. The molecule has 36 heavy (non-hydrogen) atoms. The summed E-state index contributed by atoms with van der Waals surface area (Å²) in [6, 6.07) is 19.2. The van der Waals surface area contributed by atoms with Gasteiger partial charge in [0.2, 0.25) is 5.91 Å². The van der Waals surface area contributed by atoms with E-state index in [4.69, 9.17) is 0 Å². The number of hydrogen-bond donors (Lipinski definition) is 2. The van der Waals surface area contributed by atoms with Gasteiger partial charge in [-0.1, -0.05) is 36.4 Å². The van der Waals surface area contributed by atoms with Gasteiger partial charge in [-0.05, 0) is 42.8 Å². The van der Waals surface area contributed by atoms with E-state index in [9.17, 15) is 28.1 Å². The standard InChI is InChI=1S/C24H23N5O6S/c1-17(19-11-13-20(14-12-19)25-18(2)30)26-27-24(31)16-28(21-7-6-8-22(15-21)29(32)33)36(34,35)23-9-4-3-5-10-23/h3-15H,16H2,1-2H3,(H,25,30)(H,27,31)/b26-17-. The Bertz CT molecular complexity index is 1410. The fraction of sp³-hybridized carbons (Fsp3) is 0.125. The summed E-state index contributed by atoms with van der Waals surface area (Å²) in [5.41, 5.74) is 3.66. The van der Waals surface area contributed by atoms with Gasteiger partial charge in [0.05, 0.1) is 21.2 Å². The minimum absolute atomic E-state index is 0.0440. The molecule has 2 N–H and O–H groups in total. The molecular formula is C24H23N5O6S. The van der Waals surface area contributed by atoms with E-state index in [1.54, 1.807) is 37.3 Å². The van der Waals surface area contributed by atoms with Crippen LogP contribution in [0.25, 0.3) is 0 Å². The Morgan fingerprint density at radius 2 is 1.64 bits per heavy atom. The van der Waals surface area contributed by atoms with E-state index in [2.05, 4.69) is 15.8 Å². The van der Waals surface area contributed by atoms with Crippen molar-refractivity contribution >= 4 is 44.6 Å². The lowest BCUT2D eigenvalue weighted by Crippen LogP contribution is -2.39. The number of amides is 2. The number of nitrogens with one attached hydrogen (secondary N) is 2. The van der Waals surface area contributed by atoms with Gasteiger partial charge in [0.25, 0.3) is 21.6 Å². The first-order valence-corrected chi connectivity index (χ1v) is 12.1. The van der Waals surface area contributed by atoms with Gasteiger partial charge in [-0.3, -0.25) is 24.0 Å². The van der Waals surface area contributed by atoms with Crippen molar-refractivity contribution in [2.75, 3.05) is 16.2 Å². The van der Waals surface area contributed by atoms with Crippen LogP contribution >= 0.6 is 0 Å². The number of rotatable bonds is 9. The van der Waals surface area contributed by atoms with E-state index >= 15 is 0 Å². The number of hydrogen-bond acceptors (Lipinski definition) is 7. The van der Waals surface area contributed by atoms with Crippen molar-refractivity contribution in [2.24, 2.45) is 5.10 Å². The minimum atomic E-state index is -4.23. The highest BCUT2D eigenvalue weighted by molar-refractivity contribution is 7.92. The van der Waals surface area contributed by atoms with E-state index in [1.165, 1.54) is 49.4 Å². The predicted molar refractivity (Wildman–Crippen MR) is 135 cm³/mol. The van der Waals surface area contributed by atoms with E-state index in [0.29, 0.717) is 17.0 Å². The fourth-order valence-corrected chi connectivity index (χ4v) is 4.60. The maximum atomic E-state index is 13.3. The van der Waals surface area contributed by atoms with Crippen LogP contribution in [-0.2, 0) is 19.6 Å². The van der Waals surface area contributed by atoms with Crippen LogP contribution < -0.4 is 15.0 Å². The molecule has 0 bridgehead atoms. The highest BCUT2D eigenvalue weighted by Gasteiger charge is 2.28. The molecule has 0 unspecified atom stereocenters. The molecule has 0 saturated heterocycles. The molecular weight excluding hydrogens is 486 g/mol. The Morgan fingerprint density at radius 1 is 0.972 bits per heavy atom. The lowest BCUT2D eigenvalue weighted by atomic mass is 10.1. The smallest absolute Gasteiger partial charge is 0.271 e. The molecule has 12 heteroatoms. The largest absolute Gasteiger partial charge is 0.326 e. The van der Waals surface area contributed by atoms with Gasteiger partial charge >= 0.3 is 0 Å². The molecule has 0 heterocycles. The van der Waals surface area contributed by atoms with Crippen LogP contribution in [0.2, 0.25) is 0 Å². The van der Waals surface area contributed by atoms with Gasteiger partial charge in [-0.2, -0.15) is 5.10 Å². The summed E-state index contributed by atoms with van der Waals surface area (Å²) in [4.78, 5) is 34.4. The Kier molecular flexibility index (Phi) is 8.12. The molecule has 3 aromatic rings. The van der Waals surface area contributed by atoms with E-state index in [-0.39, 0.29) is 22.2 Å². The van der Waals surface area contributed by atoms with Crippen LogP contribution in [0.5, 0.6) is 0 Å². The number of nitrogens with zero attached hydrogens (tertiary/aromatic N) is 3. The third-order valence-electron chi connectivity index (χ3n) is 4.92. The van der Waals surface area contributed by atoms with Crippen LogP contribution in [0.3, 0.4) is 0 Å². The number of anilines is 2. The summed E-state index contributed by atoms with van der Waals surface area (Å²) in [7, 11) is -4.23. The fourth-order valence-electron chi connectivity index (χ4n) is 3.17. The monoisotopic (exact) mass is 509 g/mol. The lowest BCUT2D eigenvalue weighted by Gasteiger charge is -2.23. The van der Waals surface area contributed by atoms with Crippen molar-refractivity contribution in [1.82, 2.24) is 5.43 Å². The molecule has 186 valence electrons. The number of nitro groups is 1. The Labute approximate surface area is 207 Å². The SMILES string of the molecule is CC(=O)Nc1ccc(/C(C)=N\NC(=O)CN(c2cccc([N+](=O)[O-])c2)S(=O)(=O)c2ccccc2)cc1. The van der Waals surface area contributed by atoms with Crippen molar-refractivity contribution in [3.63, 3.8) is 0 Å². The second-order valence-electron chi connectivity index (χ2n) is 7.59. The van der Waals surface area contributed by atoms with Gasteiger partial charge in [0.15, 0.2) is 0 Å². The number of non-ortho nitro benzene ring substituents is 1. The molecule has 3 rings (SSSR count). The average Bonchev–Trinajstić information content (AvgIpc) is 2.86. The van der Waals surface area contributed by atoms with Crippen molar-refractivity contribution in [3.8, 4) is 0 Å². The van der Waals surface area contributed by atoms with E-state index in [0.717, 1.165) is 10.4 Å². The van der Waals surface area contributed by atoms with Gasteiger partial charge in [0, 0.05) is 24.7 Å². The van der Waals surface area contributed by atoms with Crippen molar-refractivity contribution in [1.29, 1.82) is 0 Å². The number of carbonyl (C=O) groups is 2. The van der Waals surface area contributed by atoms with Crippen LogP contribution in [0.4, 0.5) is 17.1 Å². The van der Waals surface area contributed by atoms with Crippen LogP contribution in [0, 0.1) is 10.1 Å². The molecule has 3 aromatic carbocycles. The normalized spacial score (nSPS) is 11.4. The van der Waals surface area contributed by atoms with Crippen molar-refractivity contribution in [3.05, 3.63) is 94.5 Å². The first kappa shape index (κ1) is 26.0. The molecule has 0 radical (unpaired) electrons. The summed E-state index contributed by atoms with van der Waals surface area (Å²) >= 11 is 0. The molecule has 0 spiro atoms. The third-order valence-corrected chi connectivity index (χ3v) is 6.71. The topological polar surface area (TPSA) is 151 Å². The summed E-state index contributed by atoms with van der Waals surface area (Å²) < 4.78 is 27.4. The van der Waals surface area contributed by atoms with Crippen LogP contribution in [0.15, 0.2) is 88.9 Å². The highest BCUT2D eigenvalue weighted by atomic mass is 32.2. The predicted octanol–water partition coefficient (Wildman–Crippen LogP) is 3.29. The number of hydrazone groups is 1. The zero-order chi connectivity index (χ0) is 26.3. The molecule has 0 saturated carbocycles. The number of nitro benzene ring substituents is 1. The van der Waals surface area contributed by atoms with Gasteiger partial charge in [-0.15, -0.1) is 0 Å².